The van der Waals surface area contributed by atoms with Crippen molar-refractivity contribution < 1.29 is 4.74 Å². The van der Waals surface area contributed by atoms with Gasteiger partial charge in [0.2, 0.25) is 0 Å². The van der Waals surface area contributed by atoms with E-state index in [0.717, 1.165) is 12.4 Å². The summed E-state index contributed by atoms with van der Waals surface area (Å²) in [5.74, 6) is 2.05. The normalized spacial score (nSPS) is 15.1. The van der Waals surface area contributed by atoms with Gasteiger partial charge in [0.15, 0.2) is 0 Å². The summed E-state index contributed by atoms with van der Waals surface area (Å²) in [4.78, 5) is 0. The molecular formula is C14H22OS. The lowest BCUT2D eigenvalue weighted by Crippen LogP contribution is -2.18. The molecule has 0 bridgehead atoms. The highest BCUT2D eigenvalue weighted by Gasteiger charge is 2.14. The molecule has 0 aromatic heterocycles. The van der Waals surface area contributed by atoms with Gasteiger partial charge in [-0.2, -0.15) is 12.6 Å². The molecule has 0 aliphatic heterocycles. The summed E-state index contributed by atoms with van der Waals surface area (Å²) in [6, 6.07) is 10.3. The van der Waals surface area contributed by atoms with Crippen molar-refractivity contribution in [3.63, 3.8) is 0 Å². The first kappa shape index (κ1) is 13.6. The first-order chi connectivity index (χ1) is 7.65. The van der Waals surface area contributed by atoms with E-state index < -0.39 is 0 Å². The van der Waals surface area contributed by atoms with Crippen LogP contribution < -0.4 is 0 Å². The van der Waals surface area contributed by atoms with Crippen LogP contribution in [0, 0.1) is 11.8 Å². The summed E-state index contributed by atoms with van der Waals surface area (Å²) in [6.07, 6.45) is 0.169. The minimum atomic E-state index is 0.169. The first-order valence-electron chi connectivity index (χ1n) is 5.92. The fourth-order valence-electron chi connectivity index (χ4n) is 1.54. The van der Waals surface area contributed by atoms with Crippen LogP contribution in [0.5, 0.6) is 0 Å². The molecule has 0 radical (unpaired) electrons. The van der Waals surface area contributed by atoms with E-state index in [9.17, 15) is 0 Å². The summed E-state index contributed by atoms with van der Waals surface area (Å²) in [7, 11) is 0. The van der Waals surface area contributed by atoms with Crippen molar-refractivity contribution in [3.05, 3.63) is 35.9 Å². The Kier molecular flexibility index (Phi) is 5.93. The van der Waals surface area contributed by atoms with E-state index in [1.807, 2.05) is 18.2 Å². The second-order valence-electron chi connectivity index (χ2n) is 4.57. The molecule has 0 heterocycles. The Labute approximate surface area is 105 Å². The minimum absolute atomic E-state index is 0.169. The number of hydrogen-bond donors (Lipinski definition) is 1. The molecule has 0 spiro atoms. The first-order valence-corrected chi connectivity index (χ1v) is 6.55. The average Bonchev–Trinajstić information content (AvgIpc) is 2.30. The van der Waals surface area contributed by atoms with Crippen LogP contribution in [-0.4, -0.2) is 12.4 Å². The third-order valence-corrected chi connectivity index (χ3v) is 3.48. The Morgan fingerprint density at radius 3 is 2.25 bits per heavy atom. The molecular weight excluding hydrogens is 216 g/mol. The Morgan fingerprint density at radius 1 is 1.12 bits per heavy atom. The quantitative estimate of drug-likeness (QED) is 0.738. The van der Waals surface area contributed by atoms with Gasteiger partial charge in [-0.1, -0.05) is 44.2 Å². The standard InChI is InChI=1S/C14H22OS/c1-11(2)14(10-16)9-15-12(3)13-7-5-4-6-8-13/h4-8,11-12,14,16H,9-10H2,1-3H3. The van der Waals surface area contributed by atoms with E-state index in [4.69, 9.17) is 4.74 Å². The Balaban J connectivity index is 2.43. The van der Waals surface area contributed by atoms with Crippen molar-refractivity contribution in [2.45, 2.75) is 26.9 Å². The van der Waals surface area contributed by atoms with Crippen molar-refractivity contribution in [1.82, 2.24) is 0 Å². The van der Waals surface area contributed by atoms with Gasteiger partial charge in [0.05, 0.1) is 12.7 Å². The van der Waals surface area contributed by atoms with Gasteiger partial charge >= 0.3 is 0 Å². The number of ether oxygens (including phenoxy) is 1. The summed E-state index contributed by atoms with van der Waals surface area (Å²) in [6.45, 7) is 7.33. The molecule has 0 amide bonds. The van der Waals surface area contributed by atoms with Gasteiger partial charge in [-0.05, 0) is 30.1 Å². The fourth-order valence-corrected chi connectivity index (χ4v) is 2.07. The Morgan fingerprint density at radius 2 is 1.75 bits per heavy atom. The Hall–Kier alpha value is -0.470. The van der Waals surface area contributed by atoms with Gasteiger partial charge in [0.25, 0.3) is 0 Å². The van der Waals surface area contributed by atoms with Crippen molar-refractivity contribution >= 4 is 12.6 Å². The largest absolute Gasteiger partial charge is 0.373 e. The molecule has 0 N–H and O–H groups in total. The number of rotatable bonds is 6. The van der Waals surface area contributed by atoms with Crippen LogP contribution in [0.25, 0.3) is 0 Å². The molecule has 0 fully saturated rings. The fraction of sp³-hybridized carbons (Fsp3) is 0.571. The predicted octanol–water partition coefficient (Wildman–Crippen LogP) is 3.97. The van der Waals surface area contributed by atoms with Crippen LogP contribution in [-0.2, 0) is 4.74 Å². The smallest absolute Gasteiger partial charge is 0.0796 e. The van der Waals surface area contributed by atoms with Gasteiger partial charge in [0.1, 0.15) is 0 Å². The predicted molar refractivity (Wildman–Crippen MR) is 73.0 cm³/mol. The van der Waals surface area contributed by atoms with Gasteiger partial charge in [-0.3, -0.25) is 0 Å². The van der Waals surface area contributed by atoms with Crippen LogP contribution in [0.1, 0.15) is 32.4 Å². The molecule has 1 nitrogen and oxygen atoms in total. The van der Waals surface area contributed by atoms with Crippen molar-refractivity contribution in [3.8, 4) is 0 Å². The van der Waals surface area contributed by atoms with Crippen LogP contribution >= 0.6 is 12.6 Å². The molecule has 0 saturated heterocycles. The van der Waals surface area contributed by atoms with E-state index in [2.05, 4.69) is 45.5 Å². The van der Waals surface area contributed by atoms with Crippen molar-refractivity contribution in [2.24, 2.45) is 11.8 Å². The molecule has 0 aliphatic rings. The molecule has 1 aromatic rings. The number of thiol groups is 1. The molecule has 2 atom stereocenters. The highest BCUT2D eigenvalue weighted by Crippen LogP contribution is 2.20. The second kappa shape index (κ2) is 6.97. The molecule has 0 aliphatic carbocycles. The van der Waals surface area contributed by atoms with E-state index in [0.29, 0.717) is 11.8 Å². The summed E-state index contributed by atoms with van der Waals surface area (Å²) < 4.78 is 5.89. The summed E-state index contributed by atoms with van der Waals surface area (Å²) in [5.41, 5.74) is 1.24. The zero-order valence-electron chi connectivity index (χ0n) is 10.4. The van der Waals surface area contributed by atoms with Crippen LogP contribution in [0.4, 0.5) is 0 Å². The molecule has 2 heteroatoms. The Bertz CT molecular complexity index is 284. The molecule has 2 unspecified atom stereocenters. The number of benzene rings is 1. The maximum Gasteiger partial charge on any atom is 0.0796 e. The molecule has 16 heavy (non-hydrogen) atoms. The minimum Gasteiger partial charge on any atom is -0.373 e. The molecule has 1 aromatic carbocycles. The second-order valence-corrected chi connectivity index (χ2v) is 4.94. The van der Waals surface area contributed by atoms with E-state index in [1.54, 1.807) is 0 Å². The van der Waals surface area contributed by atoms with Crippen LogP contribution in [0.3, 0.4) is 0 Å². The number of hydrogen-bond acceptors (Lipinski definition) is 2. The molecule has 90 valence electrons. The summed E-state index contributed by atoms with van der Waals surface area (Å²) >= 11 is 4.36. The van der Waals surface area contributed by atoms with Gasteiger partial charge in [0, 0.05) is 0 Å². The summed E-state index contributed by atoms with van der Waals surface area (Å²) in [5, 5.41) is 0. The monoisotopic (exact) mass is 238 g/mol. The molecule has 1 rings (SSSR count). The zero-order valence-corrected chi connectivity index (χ0v) is 11.3. The highest BCUT2D eigenvalue weighted by atomic mass is 32.1. The third-order valence-electron chi connectivity index (χ3n) is 3.01. The van der Waals surface area contributed by atoms with Crippen molar-refractivity contribution in [2.75, 3.05) is 12.4 Å². The lowest BCUT2D eigenvalue weighted by molar-refractivity contribution is 0.0343. The van der Waals surface area contributed by atoms with Crippen LogP contribution in [0.15, 0.2) is 30.3 Å². The topological polar surface area (TPSA) is 9.23 Å². The lowest BCUT2D eigenvalue weighted by atomic mass is 9.99. The van der Waals surface area contributed by atoms with E-state index >= 15 is 0 Å². The van der Waals surface area contributed by atoms with E-state index in [1.165, 1.54) is 5.56 Å². The average molecular weight is 238 g/mol. The maximum atomic E-state index is 5.89. The molecule has 0 saturated carbocycles. The maximum absolute atomic E-state index is 5.89. The van der Waals surface area contributed by atoms with Gasteiger partial charge < -0.3 is 4.74 Å². The zero-order chi connectivity index (χ0) is 12.0. The lowest BCUT2D eigenvalue weighted by Gasteiger charge is -2.21. The third kappa shape index (κ3) is 4.18. The van der Waals surface area contributed by atoms with Gasteiger partial charge in [-0.25, -0.2) is 0 Å². The highest BCUT2D eigenvalue weighted by molar-refractivity contribution is 7.80. The van der Waals surface area contributed by atoms with Crippen LogP contribution in [0.2, 0.25) is 0 Å². The SMILES string of the molecule is CC(OCC(CS)C(C)C)c1ccccc1. The van der Waals surface area contributed by atoms with Gasteiger partial charge in [-0.15, -0.1) is 0 Å². The van der Waals surface area contributed by atoms with E-state index in [-0.39, 0.29) is 6.10 Å². The van der Waals surface area contributed by atoms with Crippen molar-refractivity contribution in [1.29, 1.82) is 0 Å².